The van der Waals surface area contributed by atoms with E-state index in [2.05, 4.69) is 38.1 Å². The Bertz CT molecular complexity index is 395. The van der Waals surface area contributed by atoms with Gasteiger partial charge in [-0.15, -0.1) is 0 Å². The van der Waals surface area contributed by atoms with Crippen LogP contribution in [0.1, 0.15) is 70.3 Å². The van der Waals surface area contributed by atoms with E-state index in [0.29, 0.717) is 6.42 Å². The number of hydrogen-bond acceptors (Lipinski definition) is 0. The largest absolute Gasteiger partial charge is 0.352 e. The highest BCUT2D eigenvalue weighted by molar-refractivity contribution is 5.11. The third-order valence-electron chi connectivity index (χ3n) is 3.58. The molecule has 0 saturated heterocycles. The Kier molecular flexibility index (Phi) is 10.8. The molecule has 0 bridgehead atoms. The van der Waals surface area contributed by atoms with Crippen LogP contribution in [0.25, 0.3) is 0 Å². The van der Waals surface area contributed by atoms with Gasteiger partial charge in [-0.05, 0) is 25.5 Å². The molecule has 0 spiro atoms. The predicted octanol–water partition coefficient (Wildman–Crippen LogP) is 3.60. The fraction of sp³-hybridized carbons (Fsp3) is 0.579. The van der Waals surface area contributed by atoms with Gasteiger partial charge in [-0.3, -0.25) is 0 Å². The van der Waals surface area contributed by atoms with Crippen LogP contribution in [0.5, 0.6) is 0 Å². The zero-order valence-electron chi connectivity index (χ0n) is 13.5. The first-order valence-corrected chi connectivity index (χ1v) is 10.6. The van der Waals surface area contributed by atoms with Gasteiger partial charge < -0.3 is 0 Å². The molecule has 2 heteroatoms. The summed E-state index contributed by atoms with van der Waals surface area (Å²) < 4.78 is 16.9. The summed E-state index contributed by atoms with van der Waals surface area (Å²) in [5, 5.41) is 0. The number of hydrogen-bond donors (Lipinski definition) is 0. The van der Waals surface area contributed by atoms with E-state index < -0.39 is 0 Å². The Hall–Kier alpha value is -0.380. The van der Waals surface area contributed by atoms with Gasteiger partial charge >= 0.3 is 21.2 Å². The minimum atomic E-state index is -0.300. The van der Waals surface area contributed by atoms with Crippen molar-refractivity contribution in [3.63, 3.8) is 0 Å². The molecular formula is C19H29FI+. The van der Waals surface area contributed by atoms with Crippen LogP contribution < -0.4 is 21.2 Å². The minimum Gasteiger partial charge on any atom is -0.208 e. The second-order valence-corrected chi connectivity index (χ2v) is 8.18. The zero-order valence-corrected chi connectivity index (χ0v) is 15.7. The van der Waals surface area contributed by atoms with Gasteiger partial charge in [0.15, 0.2) is 7.65 Å². The van der Waals surface area contributed by atoms with Crippen LogP contribution >= 0.6 is 0 Å². The molecule has 21 heavy (non-hydrogen) atoms. The number of allylic oxidation sites excluding steroid dienone is 1. The molecular weight excluding hydrogens is 374 g/mol. The van der Waals surface area contributed by atoms with Gasteiger partial charge in [0.1, 0.15) is 5.83 Å². The summed E-state index contributed by atoms with van der Waals surface area (Å²) in [6.07, 6.45) is 10.8. The van der Waals surface area contributed by atoms with Crippen molar-refractivity contribution in [3.05, 3.63) is 43.3 Å². The maximum atomic E-state index is 13.7. The molecule has 0 aromatic heterocycles. The lowest BCUT2D eigenvalue weighted by atomic mass is 10.1. The van der Waals surface area contributed by atoms with Crippen LogP contribution in [0.3, 0.4) is 0 Å². The molecule has 118 valence electrons. The number of halogens is 2. The second-order valence-electron chi connectivity index (χ2n) is 5.69. The van der Waals surface area contributed by atoms with Gasteiger partial charge in [-0.25, -0.2) is 4.39 Å². The molecule has 1 aromatic carbocycles. The molecule has 0 unspecified atom stereocenters. The molecule has 0 aliphatic rings. The summed E-state index contributed by atoms with van der Waals surface area (Å²) in [5.41, 5.74) is 1.27. The van der Waals surface area contributed by atoms with E-state index in [1.807, 2.05) is 4.08 Å². The van der Waals surface area contributed by atoms with E-state index in [1.54, 1.807) is 0 Å². The fourth-order valence-corrected chi connectivity index (χ4v) is 3.99. The van der Waals surface area contributed by atoms with Gasteiger partial charge in [0.2, 0.25) is 0 Å². The molecule has 0 fully saturated rings. The smallest absolute Gasteiger partial charge is 0.208 e. The van der Waals surface area contributed by atoms with Gasteiger partial charge in [0.05, 0.1) is 0 Å². The molecule has 0 atom stereocenters. The summed E-state index contributed by atoms with van der Waals surface area (Å²) in [7, 11) is 0. The van der Waals surface area contributed by atoms with Crippen LogP contribution in [0.2, 0.25) is 0 Å². The predicted molar refractivity (Wildman–Crippen MR) is 86.3 cm³/mol. The van der Waals surface area contributed by atoms with Crippen LogP contribution in [0.4, 0.5) is 4.39 Å². The van der Waals surface area contributed by atoms with Crippen molar-refractivity contribution >= 4 is 0 Å². The lowest BCUT2D eigenvalue weighted by molar-refractivity contribution is -0.558. The highest BCUT2D eigenvalue weighted by atomic mass is 127. The zero-order chi connectivity index (χ0) is 15.3. The molecule has 0 aliphatic heterocycles. The lowest BCUT2D eigenvalue weighted by Gasteiger charge is -2.00. The number of aryl methyl sites for hydroxylation is 1. The highest BCUT2D eigenvalue weighted by Gasteiger charge is 2.10. The Balaban J connectivity index is 2.06. The van der Waals surface area contributed by atoms with Crippen molar-refractivity contribution in [2.75, 3.05) is 0 Å². The third-order valence-corrected chi connectivity index (χ3v) is 6.00. The Morgan fingerprint density at radius 3 is 2.14 bits per heavy atom. The average molecular weight is 403 g/mol. The quantitative estimate of drug-likeness (QED) is 0.391. The SMILES string of the molecule is CCCCCCCCCC/C(F)=C/[I+]c1ccc(C)cc1. The van der Waals surface area contributed by atoms with Crippen molar-refractivity contribution in [1.82, 2.24) is 0 Å². The lowest BCUT2D eigenvalue weighted by Crippen LogP contribution is -3.59. The number of unbranched alkanes of at least 4 members (excludes halogenated alkanes) is 7. The first-order valence-electron chi connectivity index (χ1n) is 8.27. The topological polar surface area (TPSA) is 0 Å². The summed E-state index contributed by atoms with van der Waals surface area (Å²) in [6.45, 7) is 4.33. The molecule has 0 nitrogen and oxygen atoms in total. The first-order chi connectivity index (χ1) is 10.2. The third kappa shape index (κ3) is 10.0. The van der Waals surface area contributed by atoms with Crippen molar-refractivity contribution < 1.29 is 25.6 Å². The number of benzene rings is 1. The first kappa shape index (κ1) is 18.7. The summed E-state index contributed by atoms with van der Waals surface area (Å²) in [6, 6.07) is 8.48. The summed E-state index contributed by atoms with van der Waals surface area (Å²) in [5.74, 6) is 0.106. The second kappa shape index (κ2) is 12.2. The van der Waals surface area contributed by atoms with Crippen molar-refractivity contribution in [1.29, 1.82) is 0 Å². The van der Waals surface area contributed by atoms with E-state index in [1.165, 1.54) is 54.1 Å². The summed E-state index contributed by atoms with van der Waals surface area (Å²) in [4.78, 5) is 0. The Labute approximate surface area is 140 Å². The standard InChI is InChI=1S/C19H29FI/c1-3-4-5-6-7-8-9-10-11-18(20)16-21-19-14-12-17(2)13-15-19/h12-16H,3-11H2,1-2H3/q+1/b18-16-. The molecule has 1 rings (SSSR count). The van der Waals surface area contributed by atoms with E-state index in [0.717, 1.165) is 6.42 Å². The van der Waals surface area contributed by atoms with Gasteiger partial charge in [-0.2, -0.15) is 0 Å². The minimum absolute atomic E-state index is 0.106. The molecule has 0 aliphatic carbocycles. The Morgan fingerprint density at radius 2 is 1.52 bits per heavy atom. The molecule has 0 amide bonds. The molecule has 0 heterocycles. The van der Waals surface area contributed by atoms with E-state index in [4.69, 9.17) is 0 Å². The van der Waals surface area contributed by atoms with Crippen molar-refractivity contribution in [2.45, 2.75) is 71.6 Å². The highest BCUT2D eigenvalue weighted by Crippen LogP contribution is 2.12. The van der Waals surface area contributed by atoms with Crippen molar-refractivity contribution in [2.24, 2.45) is 0 Å². The van der Waals surface area contributed by atoms with Crippen LogP contribution in [0, 0.1) is 10.5 Å². The normalized spacial score (nSPS) is 11.9. The average Bonchev–Trinajstić information content (AvgIpc) is 2.49. The maximum Gasteiger partial charge on any atom is 0.352 e. The van der Waals surface area contributed by atoms with Crippen LogP contribution in [0.15, 0.2) is 34.2 Å². The van der Waals surface area contributed by atoms with Gasteiger partial charge in [0.25, 0.3) is 0 Å². The van der Waals surface area contributed by atoms with Crippen LogP contribution in [-0.2, 0) is 0 Å². The summed E-state index contributed by atoms with van der Waals surface area (Å²) >= 11 is -0.300. The van der Waals surface area contributed by atoms with E-state index in [9.17, 15) is 4.39 Å². The van der Waals surface area contributed by atoms with Gasteiger partial charge in [0, 0.05) is 6.42 Å². The molecule has 0 N–H and O–H groups in total. The molecule has 1 aromatic rings. The molecule has 0 saturated carbocycles. The van der Waals surface area contributed by atoms with Gasteiger partial charge in [-0.1, -0.05) is 69.6 Å². The van der Waals surface area contributed by atoms with Crippen molar-refractivity contribution in [3.8, 4) is 0 Å². The number of rotatable bonds is 11. The monoisotopic (exact) mass is 403 g/mol. The fourth-order valence-electron chi connectivity index (χ4n) is 2.21. The van der Waals surface area contributed by atoms with E-state index in [-0.39, 0.29) is 27.0 Å². The molecule has 0 radical (unpaired) electrons. The van der Waals surface area contributed by atoms with E-state index >= 15 is 0 Å². The maximum absolute atomic E-state index is 13.7. The Morgan fingerprint density at radius 1 is 0.952 bits per heavy atom. The van der Waals surface area contributed by atoms with Crippen LogP contribution in [-0.4, -0.2) is 0 Å².